The van der Waals surface area contributed by atoms with E-state index in [4.69, 9.17) is 4.74 Å². The molecular formula is C22H28N3O6S2+. The number of carbonyl (C=O) groups is 1. The fraction of sp³-hybridized carbons (Fsp3) is 0.409. The summed E-state index contributed by atoms with van der Waals surface area (Å²) in [4.78, 5) is 13.3. The Bertz CT molecular complexity index is 1210. The lowest BCUT2D eigenvalue weighted by Crippen LogP contribution is -3.11. The largest absolute Gasteiger partial charge is 0.497 e. The molecule has 0 aromatic heterocycles. The third-order valence-corrected chi connectivity index (χ3v) is 9.32. The van der Waals surface area contributed by atoms with Crippen LogP contribution in [0.4, 0.5) is 5.69 Å². The number of quaternary nitrogens is 1. The van der Waals surface area contributed by atoms with E-state index in [1.807, 2.05) is 24.3 Å². The van der Waals surface area contributed by atoms with Crippen molar-refractivity contribution in [1.29, 1.82) is 0 Å². The van der Waals surface area contributed by atoms with Crippen LogP contribution in [0.1, 0.15) is 30.9 Å². The number of anilines is 1. The van der Waals surface area contributed by atoms with Crippen molar-refractivity contribution in [2.45, 2.75) is 30.2 Å². The molecule has 0 spiro atoms. The molecule has 2 aliphatic rings. The van der Waals surface area contributed by atoms with Gasteiger partial charge in [0.15, 0.2) is 0 Å². The molecule has 1 unspecified atom stereocenters. The Morgan fingerprint density at radius 2 is 1.70 bits per heavy atom. The fourth-order valence-corrected chi connectivity index (χ4v) is 6.92. The van der Waals surface area contributed by atoms with Crippen molar-refractivity contribution >= 4 is 31.6 Å². The van der Waals surface area contributed by atoms with Crippen molar-refractivity contribution in [2.75, 3.05) is 36.8 Å². The molecule has 0 radical (unpaired) electrons. The van der Waals surface area contributed by atoms with Crippen molar-refractivity contribution in [3.8, 4) is 5.75 Å². The topological polar surface area (TPSA) is 114 Å². The molecule has 2 aromatic rings. The Labute approximate surface area is 194 Å². The molecule has 33 heavy (non-hydrogen) atoms. The van der Waals surface area contributed by atoms with E-state index in [2.05, 4.69) is 4.72 Å². The van der Waals surface area contributed by atoms with Gasteiger partial charge in [-0.1, -0.05) is 0 Å². The molecule has 2 saturated heterocycles. The van der Waals surface area contributed by atoms with Crippen LogP contribution < -0.4 is 18.7 Å². The van der Waals surface area contributed by atoms with Crippen molar-refractivity contribution in [3.63, 3.8) is 0 Å². The van der Waals surface area contributed by atoms with Crippen LogP contribution in [0.2, 0.25) is 0 Å². The lowest BCUT2D eigenvalue weighted by molar-refractivity contribution is -0.918. The molecule has 2 aliphatic heterocycles. The number of sulfonamides is 2. The average Bonchev–Trinajstić information content (AvgIpc) is 3.42. The van der Waals surface area contributed by atoms with E-state index in [1.165, 1.54) is 29.2 Å². The minimum absolute atomic E-state index is 0.0141. The lowest BCUT2D eigenvalue weighted by atomic mass is 10.1. The summed E-state index contributed by atoms with van der Waals surface area (Å²) in [5, 5.41) is 0. The predicted molar refractivity (Wildman–Crippen MR) is 123 cm³/mol. The minimum atomic E-state index is -3.83. The monoisotopic (exact) mass is 494 g/mol. The normalized spacial score (nSPS) is 19.7. The zero-order valence-corrected chi connectivity index (χ0v) is 20.0. The van der Waals surface area contributed by atoms with E-state index in [9.17, 15) is 21.6 Å². The minimum Gasteiger partial charge on any atom is -0.497 e. The van der Waals surface area contributed by atoms with E-state index in [0.717, 1.165) is 41.5 Å². The van der Waals surface area contributed by atoms with Crippen LogP contribution >= 0.6 is 0 Å². The molecule has 11 heteroatoms. The van der Waals surface area contributed by atoms with Gasteiger partial charge in [-0.2, -0.15) is 0 Å². The molecular weight excluding hydrogens is 466 g/mol. The van der Waals surface area contributed by atoms with Gasteiger partial charge in [0, 0.05) is 24.8 Å². The highest BCUT2D eigenvalue weighted by atomic mass is 32.2. The number of likely N-dealkylation sites (tertiary alicyclic amines) is 1. The van der Waals surface area contributed by atoms with E-state index in [1.54, 1.807) is 7.11 Å². The Morgan fingerprint density at radius 3 is 2.24 bits per heavy atom. The second-order valence-corrected chi connectivity index (χ2v) is 12.0. The van der Waals surface area contributed by atoms with Gasteiger partial charge in [0.1, 0.15) is 11.8 Å². The van der Waals surface area contributed by atoms with Crippen molar-refractivity contribution < 1.29 is 31.3 Å². The van der Waals surface area contributed by atoms with Crippen molar-refractivity contribution in [3.05, 3.63) is 54.1 Å². The first-order valence-electron chi connectivity index (χ1n) is 10.9. The molecule has 1 amide bonds. The number of rotatable bonds is 8. The summed E-state index contributed by atoms with van der Waals surface area (Å²) in [6, 6.07) is 13.0. The highest BCUT2D eigenvalue weighted by Crippen LogP contribution is 2.26. The van der Waals surface area contributed by atoms with Crippen LogP contribution in [0.3, 0.4) is 0 Å². The first-order valence-corrected chi connectivity index (χ1v) is 13.9. The smallest absolute Gasteiger partial charge is 0.242 e. The van der Waals surface area contributed by atoms with Gasteiger partial charge >= 0.3 is 0 Å². The van der Waals surface area contributed by atoms with Crippen LogP contribution in [0, 0.1) is 0 Å². The average molecular weight is 495 g/mol. The second-order valence-electron chi connectivity index (χ2n) is 8.26. The Morgan fingerprint density at radius 1 is 1.06 bits per heavy atom. The molecule has 4 rings (SSSR count). The molecule has 0 saturated carbocycles. The van der Waals surface area contributed by atoms with Gasteiger partial charge in [0.05, 0.1) is 43.1 Å². The maximum absolute atomic E-state index is 13.0. The summed E-state index contributed by atoms with van der Waals surface area (Å²) in [6.07, 6.45) is 2.14. The highest BCUT2D eigenvalue weighted by molar-refractivity contribution is 7.94. The summed E-state index contributed by atoms with van der Waals surface area (Å²) in [6.45, 7) is 2.18. The number of hydrogen-bond acceptors (Lipinski definition) is 6. The molecule has 2 fully saturated rings. The van der Waals surface area contributed by atoms with E-state index >= 15 is 0 Å². The van der Waals surface area contributed by atoms with Gasteiger partial charge in [-0.15, -0.1) is 0 Å². The number of benzene rings is 2. The number of amides is 1. The first-order chi connectivity index (χ1) is 15.7. The number of nitrogens with one attached hydrogen (secondary N) is 2. The molecule has 2 aromatic carbocycles. The van der Waals surface area contributed by atoms with Crippen LogP contribution in [-0.4, -0.2) is 55.2 Å². The van der Waals surface area contributed by atoms with E-state index in [0.29, 0.717) is 0 Å². The van der Waals surface area contributed by atoms with Gasteiger partial charge in [-0.25, -0.2) is 25.9 Å². The van der Waals surface area contributed by atoms with Crippen LogP contribution in [0.15, 0.2) is 53.4 Å². The summed E-state index contributed by atoms with van der Waals surface area (Å²) in [5.74, 6) is -0.00769. The highest BCUT2D eigenvalue weighted by Gasteiger charge is 2.36. The van der Waals surface area contributed by atoms with E-state index < -0.39 is 26.0 Å². The van der Waals surface area contributed by atoms with Crippen LogP contribution in [0.25, 0.3) is 0 Å². The number of ether oxygens (including phenoxy) is 1. The maximum Gasteiger partial charge on any atom is 0.242 e. The molecule has 0 aliphatic carbocycles. The number of hydrogen-bond donors (Lipinski definition) is 2. The summed E-state index contributed by atoms with van der Waals surface area (Å²) >= 11 is 0. The van der Waals surface area contributed by atoms with E-state index in [-0.39, 0.29) is 35.3 Å². The molecule has 0 bridgehead atoms. The Kier molecular flexibility index (Phi) is 6.76. The van der Waals surface area contributed by atoms with Crippen molar-refractivity contribution in [1.82, 2.24) is 4.72 Å². The van der Waals surface area contributed by atoms with Gasteiger partial charge in [-0.3, -0.25) is 4.79 Å². The van der Waals surface area contributed by atoms with Gasteiger partial charge in [-0.05, 0) is 48.5 Å². The fourth-order valence-electron chi connectivity index (χ4n) is 4.42. The second kappa shape index (κ2) is 9.41. The number of methoxy groups -OCH3 is 1. The summed E-state index contributed by atoms with van der Waals surface area (Å²) < 4.78 is 58.8. The zero-order valence-electron chi connectivity index (χ0n) is 18.4. The van der Waals surface area contributed by atoms with Gasteiger partial charge in [0.2, 0.25) is 26.0 Å². The molecule has 178 valence electrons. The molecule has 9 nitrogen and oxygen atoms in total. The predicted octanol–water partition coefficient (Wildman–Crippen LogP) is 0.460. The zero-order chi connectivity index (χ0) is 23.6. The van der Waals surface area contributed by atoms with Crippen molar-refractivity contribution in [2.24, 2.45) is 0 Å². The maximum atomic E-state index is 13.0. The molecule has 1 atom stereocenters. The SMILES string of the molecule is COc1ccc(C(CNS(=O)(=O)c2ccc(N3C(=O)CCS3(=O)=O)cc2)[NH+]2CCCC2)cc1. The third kappa shape index (κ3) is 5.06. The van der Waals surface area contributed by atoms with Crippen LogP contribution in [0.5, 0.6) is 5.75 Å². The number of carbonyl (C=O) groups excluding carboxylic acids is 1. The standard InChI is InChI=1S/C22H27N3O6S2/c1-31-19-8-4-17(5-9-19)21(24-13-2-3-14-24)16-23-33(29,30)20-10-6-18(7-11-20)25-22(26)12-15-32(25,27)28/h4-11,21,23H,2-3,12-16H2,1H3/p+1. The quantitative estimate of drug-likeness (QED) is 0.551. The lowest BCUT2D eigenvalue weighted by Gasteiger charge is -2.25. The summed E-state index contributed by atoms with van der Waals surface area (Å²) in [5.41, 5.74) is 1.18. The molecule has 2 N–H and O–H groups in total. The summed E-state index contributed by atoms with van der Waals surface area (Å²) in [7, 11) is -5.92. The Hall–Kier alpha value is -2.47. The Balaban J connectivity index is 1.51. The molecule has 2 heterocycles. The first kappa shape index (κ1) is 23.7. The van der Waals surface area contributed by atoms with Gasteiger partial charge in [0.25, 0.3) is 0 Å². The van der Waals surface area contributed by atoms with Crippen LogP contribution in [-0.2, 0) is 24.8 Å². The van der Waals surface area contributed by atoms with Gasteiger partial charge < -0.3 is 9.64 Å². The third-order valence-electron chi connectivity index (χ3n) is 6.19. The number of nitrogens with zero attached hydrogens (tertiary/aromatic N) is 1.